The van der Waals surface area contributed by atoms with Crippen molar-refractivity contribution >= 4 is 58.5 Å². The summed E-state index contributed by atoms with van der Waals surface area (Å²) in [4.78, 5) is 4.96. The van der Waals surface area contributed by atoms with E-state index in [9.17, 15) is 10.2 Å². The number of aryl methyl sites for hydroxylation is 3. The molecule has 250 valence electrons. The molecular formula is C40H49Cl2N2O2P. The molecule has 0 aromatic heterocycles. The predicted molar refractivity (Wildman–Crippen MR) is 206 cm³/mol. The van der Waals surface area contributed by atoms with Gasteiger partial charge in [-0.3, -0.25) is 9.74 Å². The number of aromatic hydroxyl groups is 2. The van der Waals surface area contributed by atoms with E-state index < -0.39 is 23.0 Å². The van der Waals surface area contributed by atoms with Crippen molar-refractivity contribution < 1.29 is 10.2 Å². The third-order valence-corrected chi connectivity index (χ3v) is 13.5. The summed E-state index contributed by atoms with van der Waals surface area (Å²) < 4.78 is 5.71. The first-order chi connectivity index (χ1) is 21.6. The first kappa shape index (κ1) is 36.8. The van der Waals surface area contributed by atoms with Crippen LogP contribution < -0.4 is 10.6 Å². The minimum absolute atomic E-state index is 0.127. The van der Waals surface area contributed by atoms with Gasteiger partial charge in [-0.1, -0.05) is 121 Å². The van der Waals surface area contributed by atoms with Gasteiger partial charge >= 0.3 is 0 Å². The lowest BCUT2D eigenvalue weighted by molar-refractivity contribution is 0.450. The highest BCUT2D eigenvalue weighted by Gasteiger charge is 2.44. The molecule has 0 bridgehead atoms. The highest BCUT2D eigenvalue weighted by molar-refractivity contribution is 7.82. The first-order valence-corrected chi connectivity index (χ1v) is 18.5. The summed E-state index contributed by atoms with van der Waals surface area (Å²) in [5.41, 5.74) is 6.41. The number of aliphatic imine (C=N–C) groups is 1. The Bertz CT molecular complexity index is 1830. The van der Waals surface area contributed by atoms with Crippen molar-refractivity contribution in [2.24, 2.45) is 9.74 Å². The van der Waals surface area contributed by atoms with E-state index in [1.807, 2.05) is 96.3 Å². The number of hydrogen-bond acceptors (Lipinski definition) is 4. The highest BCUT2D eigenvalue weighted by Crippen LogP contribution is 2.64. The molecule has 0 saturated heterocycles. The Morgan fingerprint density at radius 3 is 1.53 bits per heavy atom. The van der Waals surface area contributed by atoms with Gasteiger partial charge in [0.15, 0.2) is 0 Å². The van der Waals surface area contributed by atoms with Gasteiger partial charge in [-0.15, -0.1) is 0 Å². The molecule has 4 aromatic carbocycles. The van der Waals surface area contributed by atoms with Crippen LogP contribution in [0.25, 0.3) is 0 Å². The number of hydrogen-bond donors (Lipinski definition) is 2. The zero-order valence-electron chi connectivity index (χ0n) is 29.8. The molecule has 47 heavy (non-hydrogen) atoms. The van der Waals surface area contributed by atoms with E-state index in [0.29, 0.717) is 37.5 Å². The molecule has 0 amide bonds. The Morgan fingerprint density at radius 1 is 0.660 bits per heavy atom. The van der Waals surface area contributed by atoms with E-state index in [1.165, 1.54) is 5.56 Å². The fraction of sp³-hybridized carbons (Fsp3) is 0.375. The molecule has 0 radical (unpaired) electrons. The molecule has 0 fully saturated rings. The van der Waals surface area contributed by atoms with Crippen LogP contribution in [0.15, 0.2) is 70.4 Å². The van der Waals surface area contributed by atoms with Crippen LogP contribution in [0.1, 0.15) is 95.7 Å². The number of phenolic OH excluding ortho intramolecular Hbond substituents is 2. The van der Waals surface area contributed by atoms with Gasteiger partial charge in [0.05, 0.1) is 11.4 Å². The van der Waals surface area contributed by atoms with Gasteiger partial charge in [0, 0.05) is 55.8 Å². The van der Waals surface area contributed by atoms with Gasteiger partial charge in [-0.25, -0.2) is 0 Å². The van der Waals surface area contributed by atoms with Crippen LogP contribution in [0.4, 0.5) is 11.4 Å². The standard InChI is InChI=1S/C40H49Cl2N2O2P/c1-24-17-25(2)35(26(3)18-24)43-23-27-15-13-14-16-32(27)44-47(40(10,11)12,33-21-28(41)19-30(36(33)45)38(4,5)6)34-22-29(42)20-31(37(34)46)39(7,8)9/h13-23,45-46H,1-12H3. The second kappa shape index (κ2) is 13.1. The second-order valence-electron chi connectivity index (χ2n) is 15.6. The average Bonchev–Trinajstić information content (AvgIpc) is 2.92. The minimum atomic E-state index is -3.18. The average molecular weight is 692 g/mol. The predicted octanol–water partition coefficient (Wildman–Crippen LogP) is 12.0. The highest BCUT2D eigenvalue weighted by atomic mass is 35.5. The van der Waals surface area contributed by atoms with Gasteiger partial charge in [0.2, 0.25) is 0 Å². The Labute approximate surface area is 292 Å². The van der Waals surface area contributed by atoms with Crippen LogP contribution in [0.2, 0.25) is 10.0 Å². The molecule has 7 heteroatoms. The fourth-order valence-corrected chi connectivity index (χ4v) is 11.1. The number of halogens is 2. The topological polar surface area (TPSA) is 65.2 Å². The zero-order valence-corrected chi connectivity index (χ0v) is 32.2. The van der Waals surface area contributed by atoms with Crippen LogP contribution in [-0.4, -0.2) is 21.6 Å². The van der Waals surface area contributed by atoms with Crippen molar-refractivity contribution in [2.75, 3.05) is 0 Å². The molecule has 0 spiro atoms. The SMILES string of the molecule is Cc1cc(C)c(N=Cc2ccccc2N=P(c2cc(Cl)cc(C(C)(C)C)c2O)(c2cc(Cl)cc(C(C)(C)C)c2O)C(C)(C)C)c(C)c1. The van der Waals surface area contributed by atoms with Crippen molar-refractivity contribution in [3.05, 3.63) is 104 Å². The number of phenols is 2. The molecule has 0 aliphatic carbocycles. The maximum atomic E-state index is 12.2. The van der Waals surface area contributed by atoms with Gasteiger partial charge < -0.3 is 10.2 Å². The van der Waals surface area contributed by atoms with Gasteiger partial charge in [0.25, 0.3) is 0 Å². The van der Waals surface area contributed by atoms with E-state index >= 15 is 0 Å². The molecule has 0 saturated carbocycles. The number of benzene rings is 4. The lowest BCUT2D eigenvalue weighted by atomic mass is 9.86. The first-order valence-electron chi connectivity index (χ1n) is 16.0. The van der Waals surface area contributed by atoms with E-state index in [-0.39, 0.29) is 11.5 Å². The Kier molecular flexibility index (Phi) is 10.3. The molecule has 0 heterocycles. The lowest BCUT2D eigenvalue weighted by Gasteiger charge is -2.40. The van der Waals surface area contributed by atoms with E-state index in [2.05, 4.69) is 53.7 Å². The minimum Gasteiger partial charge on any atom is -0.507 e. The normalized spacial score (nSPS) is 13.0. The van der Waals surface area contributed by atoms with Gasteiger partial charge in [-0.05, 0) is 73.1 Å². The zero-order chi connectivity index (χ0) is 35.3. The van der Waals surface area contributed by atoms with Crippen molar-refractivity contribution in [1.29, 1.82) is 0 Å². The molecule has 0 unspecified atom stereocenters. The maximum absolute atomic E-state index is 12.2. The third kappa shape index (κ3) is 7.36. The lowest BCUT2D eigenvalue weighted by Crippen LogP contribution is -2.33. The Morgan fingerprint density at radius 2 is 1.11 bits per heavy atom. The summed E-state index contributed by atoms with van der Waals surface area (Å²) in [5.74, 6) is 0.255. The monoisotopic (exact) mass is 690 g/mol. The summed E-state index contributed by atoms with van der Waals surface area (Å²) in [5, 5.41) is 26.1. The van der Waals surface area contributed by atoms with Crippen molar-refractivity contribution in [2.45, 2.75) is 99.1 Å². The Hall–Kier alpha value is -3.04. The van der Waals surface area contributed by atoms with Crippen LogP contribution in [0, 0.1) is 20.8 Å². The van der Waals surface area contributed by atoms with E-state index in [4.69, 9.17) is 32.9 Å². The van der Waals surface area contributed by atoms with E-state index in [1.54, 1.807) is 0 Å². The summed E-state index contributed by atoms with van der Waals surface area (Å²) in [6, 6.07) is 19.4. The van der Waals surface area contributed by atoms with E-state index in [0.717, 1.165) is 22.4 Å². The van der Waals surface area contributed by atoms with Crippen LogP contribution in [0.3, 0.4) is 0 Å². The summed E-state index contributed by atoms with van der Waals surface area (Å²) in [7, 11) is -3.18. The maximum Gasteiger partial charge on any atom is 0.128 e. The summed E-state index contributed by atoms with van der Waals surface area (Å²) >= 11 is 13.8. The van der Waals surface area contributed by atoms with Crippen LogP contribution in [-0.2, 0) is 10.8 Å². The molecule has 0 atom stereocenters. The molecule has 0 aliphatic rings. The van der Waals surface area contributed by atoms with Crippen LogP contribution in [0.5, 0.6) is 11.5 Å². The summed E-state index contributed by atoms with van der Waals surface area (Å²) in [6.07, 6.45) is 1.86. The van der Waals surface area contributed by atoms with Crippen molar-refractivity contribution in [1.82, 2.24) is 0 Å². The third-order valence-electron chi connectivity index (χ3n) is 8.56. The molecular weight excluding hydrogens is 642 g/mol. The molecule has 2 N–H and O–H groups in total. The fourth-order valence-electron chi connectivity index (χ4n) is 6.28. The molecule has 0 aliphatic heterocycles. The quantitative estimate of drug-likeness (QED) is 0.162. The number of nitrogens with zero attached hydrogens (tertiary/aromatic N) is 2. The van der Waals surface area contributed by atoms with Crippen molar-refractivity contribution in [3.8, 4) is 11.5 Å². The van der Waals surface area contributed by atoms with Crippen molar-refractivity contribution in [3.63, 3.8) is 0 Å². The van der Waals surface area contributed by atoms with Gasteiger partial charge in [0.1, 0.15) is 11.5 Å². The smallest absolute Gasteiger partial charge is 0.128 e. The second-order valence-corrected chi connectivity index (χ2v) is 20.3. The van der Waals surface area contributed by atoms with Gasteiger partial charge in [-0.2, -0.15) is 0 Å². The molecule has 4 rings (SSSR count). The largest absolute Gasteiger partial charge is 0.507 e. The molecule has 4 nitrogen and oxygen atoms in total. The number of rotatable bonds is 5. The van der Waals surface area contributed by atoms with Crippen LogP contribution >= 0.6 is 30.3 Å². The summed E-state index contributed by atoms with van der Waals surface area (Å²) in [6.45, 7) is 24.8. The Balaban J connectivity index is 2.24. The molecule has 4 aromatic rings.